The summed E-state index contributed by atoms with van der Waals surface area (Å²) in [6.45, 7) is 2.52. The maximum absolute atomic E-state index is 9.60. The number of imidazole rings is 1. The van der Waals surface area contributed by atoms with Crippen molar-refractivity contribution in [3.05, 3.63) is 59.9 Å². The predicted octanol–water partition coefficient (Wildman–Crippen LogP) is 4.04. The molecular weight excluding hydrogens is 286 g/mol. The number of aryl methyl sites for hydroxylation is 1. The fraction of sp³-hybridized carbons (Fsp3) is 0.158. The van der Waals surface area contributed by atoms with Crippen molar-refractivity contribution >= 4 is 22.7 Å². The van der Waals surface area contributed by atoms with Gasteiger partial charge >= 0.3 is 0 Å². The molecule has 0 bridgehead atoms. The first-order valence-corrected chi connectivity index (χ1v) is 7.50. The van der Waals surface area contributed by atoms with E-state index in [2.05, 4.69) is 11.1 Å². The summed E-state index contributed by atoms with van der Waals surface area (Å²) >= 11 is 0. The highest BCUT2D eigenvalue weighted by molar-refractivity contribution is 5.91. The van der Waals surface area contributed by atoms with Crippen LogP contribution in [0.4, 0.5) is 0 Å². The van der Waals surface area contributed by atoms with Crippen LogP contribution in [0.3, 0.4) is 0 Å². The van der Waals surface area contributed by atoms with E-state index in [9.17, 15) is 5.26 Å². The van der Waals surface area contributed by atoms with E-state index >= 15 is 0 Å². The van der Waals surface area contributed by atoms with E-state index in [1.807, 2.05) is 73.1 Å². The molecule has 0 fully saturated rings. The Morgan fingerprint density at radius 1 is 1.22 bits per heavy atom. The Morgan fingerprint density at radius 3 is 2.70 bits per heavy atom. The Kier molecular flexibility index (Phi) is 4.11. The first-order chi connectivity index (χ1) is 11.2. The van der Waals surface area contributed by atoms with Crippen molar-refractivity contribution in [3.63, 3.8) is 0 Å². The highest BCUT2D eigenvalue weighted by Gasteiger charge is 2.12. The third kappa shape index (κ3) is 2.82. The van der Waals surface area contributed by atoms with Crippen molar-refractivity contribution in [1.29, 1.82) is 5.26 Å². The lowest BCUT2D eigenvalue weighted by Crippen LogP contribution is -1.97. The average molecular weight is 303 g/mol. The number of allylic oxidation sites excluding steroid dienone is 1. The maximum Gasteiger partial charge on any atom is 0.151 e. The number of aromatic nitrogens is 2. The first-order valence-electron chi connectivity index (χ1n) is 7.50. The molecule has 0 N–H and O–H groups in total. The molecule has 0 atom stereocenters. The number of ether oxygens (including phenoxy) is 1. The van der Waals surface area contributed by atoms with Crippen LogP contribution in [0.1, 0.15) is 18.3 Å². The van der Waals surface area contributed by atoms with Gasteiger partial charge in [0.2, 0.25) is 0 Å². The van der Waals surface area contributed by atoms with Crippen molar-refractivity contribution in [3.8, 4) is 11.8 Å². The van der Waals surface area contributed by atoms with Crippen LogP contribution in [0.5, 0.6) is 5.75 Å². The lowest BCUT2D eigenvalue weighted by Gasteiger charge is -2.07. The fourth-order valence-corrected chi connectivity index (χ4v) is 2.58. The number of rotatable bonds is 4. The Hall–Kier alpha value is -3.06. The van der Waals surface area contributed by atoms with Gasteiger partial charge in [-0.25, -0.2) is 4.98 Å². The maximum atomic E-state index is 9.60. The monoisotopic (exact) mass is 303 g/mol. The summed E-state index contributed by atoms with van der Waals surface area (Å²) in [5.41, 5.74) is 3.26. The third-order valence-corrected chi connectivity index (χ3v) is 3.67. The van der Waals surface area contributed by atoms with Gasteiger partial charge in [0.25, 0.3) is 0 Å². The molecule has 23 heavy (non-hydrogen) atoms. The van der Waals surface area contributed by atoms with Gasteiger partial charge in [-0.3, -0.25) is 0 Å². The summed E-state index contributed by atoms with van der Waals surface area (Å²) in [6.07, 6.45) is 1.83. The zero-order valence-corrected chi connectivity index (χ0v) is 13.2. The molecule has 114 valence electrons. The van der Waals surface area contributed by atoms with Crippen LogP contribution >= 0.6 is 0 Å². The van der Waals surface area contributed by atoms with Crippen molar-refractivity contribution in [1.82, 2.24) is 9.55 Å². The molecule has 1 heterocycles. The highest BCUT2D eigenvalue weighted by Crippen LogP contribution is 2.26. The molecule has 3 rings (SSSR count). The molecule has 0 saturated heterocycles. The summed E-state index contributed by atoms with van der Waals surface area (Å²) in [4.78, 5) is 4.59. The number of nitrogens with zero attached hydrogens (tertiary/aromatic N) is 3. The molecule has 0 aliphatic rings. The number of hydrogen-bond acceptors (Lipinski definition) is 3. The van der Waals surface area contributed by atoms with Gasteiger partial charge in [-0.05, 0) is 31.2 Å². The van der Waals surface area contributed by atoms with Gasteiger partial charge < -0.3 is 9.30 Å². The van der Waals surface area contributed by atoms with Crippen LogP contribution in [0.2, 0.25) is 0 Å². The molecule has 3 aromatic rings. The second kappa shape index (κ2) is 6.37. The smallest absolute Gasteiger partial charge is 0.151 e. The Labute approximate surface area is 135 Å². The summed E-state index contributed by atoms with van der Waals surface area (Å²) in [5, 5.41) is 9.60. The van der Waals surface area contributed by atoms with Crippen molar-refractivity contribution in [2.45, 2.75) is 6.92 Å². The fourth-order valence-electron chi connectivity index (χ4n) is 2.58. The second-order valence-corrected chi connectivity index (χ2v) is 5.12. The van der Waals surface area contributed by atoms with E-state index in [1.54, 1.807) is 0 Å². The minimum absolute atomic E-state index is 0.510. The standard InChI is InChI=1S/C19H17N3O/c1-3-23-18-11-7-4-8-14(18)12-15(13-20)19-21-16-9-5-6-10-17(16)22(19)2/h4-12H,3H2,1-2H3. The average Bonchev–Trinajstić information content (AvgIpc) is 2.91. The van der Waals surface area contributed by atoms with Crippen LogP contribution in [0.25, 0.3) is 22.7 Å². The largest absolute Gasteiger partial charge is 0.493 e. The molecule has 0 amide bonds. The predicted molar refractivity (Wildman–Crippen MR) is 91.8 cm³/mol. The third-order valence-electron chi connectivity index (χ3n) is 3.67. The Bertz CT molecular complexity index is 916. The van der Waals surface area contributed by atoms with E-state index in [-0.39, 0.29) is 0 Å². The van der Waals surface area contributed by atoms with Gasteiger partial charge in [-0.1, -0.05) is 30.3 Å². The van der Waals surface area contributed by atoms with Gasteiger partial charge in [-0.15, -0.1) is 0 Å². The lowest BCUT2D eigenvalue weighted by atomic mass is 10.1. The van der Waals surface area contributed by atoms with Crippen LogP contribution in [0, 0.1) is 11.3 Å². The minimum atomic E-state index is 0.510. The van der Waals surface area contributed by atoms with E-state index in [4.69, 9.17) is 4.74 Å². The van der Waals surface area contributed by atoms with Crippen molar-refractivity contribution in [2.24, 2.45) is 7.05 Å². The summed E-state index contributed by atoms with van der Waals surface area (Å²) < 4.78 is 7.56. The Balaban J connectivity index is 2.12. The van der Waals surface area contributed by atoms with Crippen LogP contribution in [-0.4, -0.2) is 16.2 Å². The van der Waals surface area contributed by atoms with Crippen LogP contribution < -0.4 is 4.74 Å². The molecule has 0 aliphatic carbocycles. The van der Waals surface area contributed by atoms with Crippen molar-refractivity contribution < 1.29 is 4.74 Å². The zero-order chi connectivity index (χ0) is 16.2. The number of hydrogen-bond donors (Lipinski definition) is 0. The van der Waals surface area contributed by atoms with E-state index < -0.39 is 0 Å². The minimum Gasteiger partial charge on any atom is -0.493 e. The molecule has 0 radical (unpaired) electrons. The van der Waals surface area contributed by atoms with E-state index in [1.165, 1.54) is 0 Å². The highest BCUT2D eigenvalue weighted by atomic mass is 16.5. The second-order valence-electron chi connectivity index (χ2n) is 5.12. The number of nitriles is 1. The molecule has 4 nitrogen and oxygen atoms in total. The molecule has 4 heteroatoms. The topological polar surface area (TPSA) is 50.8 Å². The number of fused-ring (bicyclic) bond motifs is 1. The van der Waals surface area contributed by atoms with Gasteiger partial charge in [-0.2, -0.15) is 5.26 Å². The van der Waals surface area contributed by atoms with E-state index in [0.29, 0.717) is 18.0 Å². The first kappa shape index (κ1) is 14.9. The number of benzene rings is 2. The van der Waals surface area contributed by atoms with Gasteiger partial charge in [0.1, 0.15) is 11.8 Å². The molecule has 0 saturated carbocycles. The summed E-state index contributed by atoms with van der Waals surface area (Å²) in [6, 6.07) is 17.8. The molecular formula is C19H17N3O. The molecule has 0 spiro atoms. The van der Waals surface area contributed by atoms with E-state index in [0.717, 1.165) is 22.3 Å². The quantitative estimate of drug-likeness (QED) is 0.684. The Morgan fingerprint density at radius 2 is 1.96 bits per heavy atom. The SMILES string of the molecule is CCOc1ccccc1C=C(C#N)c1nc2ccccc2n1C. The summed E-state index contributed by atoms with van der Waals surface area (Å²) in [7, 11) is 1.92. The lowest BCUT2D eigenvalue weighted by molar-refractivity contribution is 0.339. The van der Waals surface area contributed by atoms with Gasteiger partial charge in [0.15, 0.2) is 5.82 Å². The molecule has 0 aliphatic heterocycles. The van der Waals surface area contributed by atoms with Gasteiger partial charge in [0, 0.05) is 12.6 Å². The van der Waals surface area contributed by atoms with Crippen LogP contribution in [-0.2, 0) is 7.05 Å². The molecule has 1 aromatic heterocycles. The zero-order valence-electron chi connectivity index (χ0n) is 13.2. The van der Waals surface area contributed by atoms with Crippen molar-refractivity contribution in [2.75, 3.05) is 6.61 Å². The van der Waals surface area contributed by atoms with Crippen LogP contribution in [0.15, 0.2) is 48.5 Å². The summed E-state index contributed by atoms with van der Waals surface area (Å²) in [5.74, 6) is 1.42. The molecule has 0 unspecified atom stereocenters. The normalized spacial score (nSPS) is 11.4. The van der Waals surface area contributed by atoms with Gasteiger partial charge in [0.05, 0.1) is 23.2 Å². The molecule has 2 aromatic carbocycles. The number of para-hydroxylation sites is 3.